The lowest BCUT2D eigenvalue weighted by Gasteiger charge is -1.81. The van der Waals surface area contributed by atoms with Crippen LogP contribution >= 0.6 is 0 Å². The van der Waals surface area contributed by atoms with Crippen LogP contribution in [0.2, 0.25) is 0 Å². The van der Waals surface area contributed by atoms with Crippen LogP contribution in [0.15, 0.2) is 0 Å². The third-order valence-corrected chi connectivity index (χ3v) is 0.496. The van der Waals surface area contributed by atoms with Gasteiger partial charge in [0.25, 0.3) is 0 Å². The van der Waals surface area contributed by atoms with E-state index < -0.39 is 0 Å². The van der Waals surface area contributed by atoms with Crippen LogP contribution in [0.4, 0.5) is 0 Å². The van der Waals surface area contributed by atoms with Gasteiger partial charge in [-0.3, -0.25) is 4.79 Å². The summed E-state index contributed by atoms with van der Waals surface area (Å²) in [6.45, 7) is 1.92. The average molecular weight is 113 g/mol. The lowest BCUT2D eigenvalue weighted by atomic mass is 10.3. The van der Waals surface area contributed by atoms with Gasteiger partial charge >= 0.3 is 0 Å². The fraction of sp³-hybridized carbons (Fsp3) is 0.500. The minimum atomic E-state index is -0.211. The van der Waals surface area contributed by atoms with Crippen LogP contribution in [-0.4, -0.2) is 5.91 Å². The number of nitrogens with two attached hydrogens (primary N) is 1. The third-order valence-electron chi connectivity index (χ3n) is 0.496. The van der Waals surface area contributed by atoms with E-state index in [9.17, 15) is 4.79 Å². The fourth-order valence-electron chi connectivity index (χ4n) is 0.246. The number of amides is 1. The molecule has 0 aromatic rings. The molecule has 1 amide bonds. The van der Waals surface area contributed by atoms with Crippen LogP contribution in [0.25, 0.3) is 0 Å². The Morgan fingerprint density at radius 1 is 1.62 bits per heavy atom. The molecule has 2 N–H and O–H groups in total. The number of rotatable bonds is 2. The van der Waals surface area contributed by atoms with Crippen molar-refractivity contribution in [1.82, 2.24) is 0 Å². The smallest absolute Gasteiger partial charge is 0.217 e. The van der Waals surface area contributed by atoms with E-state index in [2.05, 4.69) is 12.8 Å². The monoisotopic (exact) mass is 113 g/mol. The Kier molecular flexibility index (Phi) is 11.9. The Bertz CT molecular complexity index is 75.8. The summed E-state index contributed by atoms with van der Waals surface area (Å²) >= 11 is 0. The second-order valence-electron chi connectivity index (χ2n) is 1.22. The number of terminal acetylenes is 1. The van der Waals surface area contributed by atoms with Crippen molar-refractivity contribution in [3.05, 3.63) is 0 Å². The Balaban J connectivity index is 0. The highest BCUT2D eigenvalue weighted by Gasteiger charge is 1.84. The quantitative estimate of drug-likeness (QED) is 0.521. The van der Waals surface area contributed by atoms with Gasteiger partial charge in [0, 0.05) is 6.42 Å². The molecular formula is C6H11NO. The summed E-state index contributed by atoms with van der Waals surface area (Å²) in [7, 11) is 0. The van der Waals surface area contributed by atoms with Gasteiger partial charge in [-0.15, -0.1) is 12.8 Å². The molecular weight excluding hydrogens is 102 g/mol. The molecule has 0 fully saturated rings. The summed E-state index contributed by atoms with van der Waals surface area (Å²) in [5.74, 6) is -0.211. The van der Waals surface area contributed by atoms with Crippen molar-refractivity contribution < 1.29 is 4.79 Å². The third kappa shape index (κ3) is 19.8. The maximum Gasteiger partial charge on any atom is 0.217 e. The highest BCUT2D eigenvalue weighted by molar-refractivity contribution is 5.73. The number of carbonyl (C=O) groups excluding carboxylic acids is 1. The summed E-state index contributed by atoms with van der Waals surface area (Å²) in [5, 5.41) is 0. The van der Waals surface area contributed by atoms with Gasteiger partial charge < -0.3 is 5.73 Å². The van der Waals surface area contributed by atoms with Crippen LogP contribution < -0.4 is 5.73 Å². The zero-order valence-electron chi connectivity index (χ0n) is 5.05. The Hall–Kier alpha value is -0.970. The Morgan fingerprint density at radius 2 is 2.00 bits per heavy atom. The van der Waals surface area contributed by atoms with Gasteiger partial charge in [-0.2, -0.15) is 0 Å². The molecule has 0 radical (unpaired) electrons. The van der Waals surface area contributed by atoms with Crippen molar-refractivity contribution in [3.8, 4) is 12.8 Å². The second-order valence-corrected chi connectivity index (χ2v) is 1.22. The molecule has 0 saturated heterocycles. The summed E-state index contributed by atoms with van der Waals surface area (Å²) in [5.41, 5.74) is 4.76. The van der Waals surface area contributed by atoms with E-state index in [1.807, 2.05) is 6.92 Å². The SMILES string of the molecule is C#C.CCCC(N)=O. The lowest BCUT2D eigenvalue weighted by Crippen LogP contribution is -2.08. The van der Waals surface area contributed by atoms with E-state index >= 15 is 0 Å². The predicted octanol–water partition coefficient (Wildman–Crippen LogP) is 0.521. The van der Waals surface area contributed by atoms with Gasteiger partial charge in [-0.25, -0.2) is 0 Å². The molecule has 8 heavy (non-hydrogen) atoms. The van der Waals surface area contributed by atoms with Crippen LogP contribution in [0, 0.1) is 12.8 Å². The lowest BCUT2D eigenvalue weighted by molar-refractivity contribution is -0.118. The van der Waals surface area contributed by atoms with E-state index in [-0.39, 0.29) is 5.91 Å². The topological polar surface area (TPSA) is 43.1 Å². The van der Waals surface area contributed by atoms with Gasteiger partial charge in [-0.1, -0.05) is 6.92 Å². The molecule has 0 heterocycles. The zero-order valence-corrected chi connectivity index (χ0v) is 5.05. The minimum Gasteiger partial charge on any atom is -0.370 e. The summed E-state index contributed by atoms with van der Waals surface area (Å²) < 4.78 is 0. The number of hydrogen-bond donors (Lipinski definition) is 1. The van der Waals surface area contributed by atoms with Crippen molar-refractivity contribution in [1.29, 1.82) is 0 Å². The largest absolute Gasteiger partial charge is 0.370 e. The normalized spacial score (nSPS) is 6.38. The van der Waals surface area contributed by atoms with Crippen LogP contribution in [0.3, 0.4) is 0 Å². The molecule has 0 saturated carbocycles. The average Bonchev–Trinajstić information content (AvgIpc) is 1.72. The molecule has 2 nitrogen and oxygen atoms in total. The maximum absolute atomic E-state index is 9.82. The van der Waals surface area contributed by atoms with E-state index in [0.29, 0.717) is 6.42 Å². The standard InChI is InChI=1S/C4H9NO.C2H2/c1-2-3-4(5)6;1-2/h2-3H2,1H3,(H2,5,6);1-2H. The number of hydrogen-bond acceptors (Lipinski definition) is 1. The van der Waals surface area contributed by atoms with E-state index in [1.54, 1.807) is 0 Å². The molecule has 0 rings (SSSR count). The molecule has 0 unspecified atom stereocenters. The summed E-state index contributed by atoms with van der Waals surface area (Å²) in [6, 6.07) is 0. The van der Waals surface area contributed by atoms with E-state index in [0.717, 1.165) is 6.42 Å². The van der Waals surface area contributed by atoms with Gasteiger partial charge in [0.1, 0.15) is 0 Å². The van der Waals surface area contributed by atoms with Crippen molar-refractivity contribution >= 4 is 5.91 Å². The first-order valence-electron chi connectivity index (χ1n) is 2.39. The van der Waals surface area contributed by atoms with Crippen molar-refractivity contribution in [2.24, 2.45) is 5.73 Å². The molecule has 0 aromatic heterocycles. The first-order chi connectivity index (χ1) is 3.77. The fourth-order valence-corrected chi connectivity index (χ4v) is 0.246. The molecule has 46 valence electrons. The van der Waals surface area contributed by atoms with Gasteiger partial charge in [0.2, 0.25) is 5.91 Å². The molecule has 0 aromatic carbocycles. The van der Waals surface area contributed by atoms with E-state index in [4.69, 9.17) is 5.73 Å². The Labute approximate surface area is 50.1 Å². The van der Waals surface area contributed by atoms with Crippen molar-refractivity contribution in [2.45, 2.75) is 19.8 Å². The molecule has 0 aliphatic rings. The molecule has 0 spiro atoms. The highest BCUT2D eigenvalue weighted by Crippen LogP contribution is 1.79. The van der Waals surface area contributed by atoms with Crippen LogP contribution in [0.1, 0.15) is 19.8 Å². The molecule has 0 aliphatic carbocycles. The first kappa shape index (κ1) is 10.1. The van der Waals surface area contributed by atoms with Gasteiger partial charge in [0.05, 0.1) is 0 Å². The van der Waals surface area contributed by atoms with E-state index in [1.165, 1.54) is 0 Å². The molecule has 2 heteroatoms. The maximum atomic E-state index is 9.82. The molecule has 0 aliphatic heterocycles. The van der Waals surface area contributed by atoms with Gasteiger partial charge in [-0.05, 0) is 6.42 Å². The molecule has 0 bridgehead atoms. The zero-order chi connectivity index (χ0) is 6.99. The van der Waals surface area contributed by atoms with Crippen molar-refractivity contribution in [2.75, 3.05) is 0 Å². The number of carbonyl (C=O) groups is 1. The van der Waals surface area contributed by atoms with Crippen LogP contribution in [0.5, 0.6) is 0 Å². The van der Waals surface area contributed by atoms with Crippen LogP contribution in [-0.2, 0) is 4.79 Å². The van der Waals surface area contributed by atoms with Crippen molar-refractivity contribution in [3.63, 3.8) is 0 Å². The number of primary amides is 1. The Morgan fingerprint density at radius 3 is 2.00 bits per heavy atom. The predicted molar refractivity (Wildman–Crippen MR) is 34.0 cm³/mol. The second kappa shape index (κ2) is 9.39. The summed E-state index contributed by atoms with van der Waals surface area (Å²) in [6.07, 6.45) is 9.37. The highest BCUT2D eigenvalue weighted by atomic mass is 16.1. The minimum absolute atomic E-state index is 0.211. The first-order valence-corrected chi connectivity index (χ1v) is 2.39. The van der Waals surface area contributed by atoms with Gasteiger partial charge in [0.15, 0.2) is 0 Å². The summed E-state index contributed by atoms with van der Waals surface area (Å²) in [4.78, 5) is 9.82. The molecule has 0 atom stereocenters.